The van der Waals surface area contributed by atoms with Crippen molar-refractivity contribution in [2.45, 2.75) is 0 Å². The van der Waals surface area contributed by atoms with E-state index in [2.05, 4.69) is 180 Å². The summed E-state index contributed by atoms with van der Waals surface area (Å²) in [6.45, 7) is 0. The zero-order valence-electron chi connectivity index (χ0n) is 29.9. The Hall–Kier alpha value is -7.36. The Bertz CT molecular complexity index is 3180. The van der Waals surface area contributed by atoms with Gasteiger partial charge in [0.1, 0.15) is 0 Å². The van der Waals surface area contributed by atoms with Gasteiger partial charge in [-0.3, -0.25) is 0 Å². The van der Waals surface area contributed by atoms with E-state index in [4.69, 9.17) is 9.97 Å². The number of nitrogens with zero attached hydrogens (tertiary/aromatic N) is 3. The number of fused-ring (bicyclic) bond motifs is 9. The minimum Gasteiger partial charge on any atom is -0.309 e. The lowest BCUT2D eigenvalue weighted by atomic mass is 9.91. The molecule has 0 bridgehead atoms. The molecular weight excluding hydrogens is 667 g/mol. The number of hydrogen-bond acceptors (Lipinski definition) is 2. The van der Waals surface area contributed by atoms with Gasteiger partial charge in [-0.05, 0) is 92.0 Å². The molecule has 3 heteroatoms. The first-order chi connectivity index (χ1) is 27.3. The predicted octanol–water partition coefficient (Wildman–Crippen LogP) is 13.7. The first-order valence-electron chi connectivity index (χ1n) is 18.7. The molecule has 2 aromatic heterocycles. The van der Waals surface area contributed by atoms with E-state index in [1.165, 1.54) is 65.4 Å². The van der Waals surface area contributed by atoms with Gasteiger partial charge < -0.3 is 4.57 Å². The Labute approximate surface area is 318 Å². The second-order valence-corrected chi connectivity index (χ2v) is 14.2. The molecule has 11 rings (SSSR count). The quantitative estimate of drug-likeness (QED) is 0.167. The highest BCUT2D eigenvalue weighted by molar-refractivity contribution is 6.29. The first-order valence-corrected chi connectivity index (χ1v) is 18.7. The summed E-state index contributed by atoms with van der Waals surface area (Å²) < 4.78 is 2.41. The Morgan fingerprint density at radius 1 is 0.273 bits per heavy atom. The van der Waals surface area contributed by atoms with Crippen molar-refractivity contribution in [2.24, 2.45) is 0 Å². The van der Waals surface area contributed by atoms with Gasteiger partial charge in [0.2, 0.25) is 0 Å². The van der Waals surface area contributed by atoms with Gasteiger partial charge in [0.05, 0.1) is 22.4 Å². The lowest BCUT2D eigenvalue weighted by Gasteiger charge is -2.14. The first kappa shape index (κ1) is 31.2. The van der Waals surface area contributed by atoms with Crippen LogP contribution in [0, 0.1) is 0 Å². The number of benzene rings is 9. The largest absolute Gasteiger partial charge is 0.309 e. The zero-order chi connectivity index (χ0) is 36.3. The summed E-state index contributed by atoms with van der Waals surface area (Å²) in [6, 6.07) is 71.6. The van der Waals surface area contributed by atoms with E-state index in [9.17, 15) is 0 Å². The Morgan fingerprint density at radius 3 is 1.55 bits per heavy atom. The van der Waals surface area contributed by atoms with Gasteiger partial charge in [-0.2, -0.15) is 0 Å². The summed E-state index contributed by atoms with van der Waals surface area (Å²) in [5.74, 6) is 0.715. The van der Waals surface area contributed by atoms with Crippen molar-refractivity contribution in [1.29, 1.82) is 0 Å². The fourth-order valence-corrected chi connectivity index (χ4v) is 8.38. The van der Waals surface area contributed by atoms with Crippen molar-refractivity contribution < 1.29 is 0 Å². The molecule has 9 aromatic carbocycles. The normalized spacial score (nSPS) is 11.6. The van der Waals surface area contributed by atoms with Crippen LogP contribution in [0.5, 0.6) is 0 Å². The Balaban J connectivity index is 1.10. The molecule has 11 aromatic rings. The van der Waals surface area contributed by atoms with Gasteiger partial charge >= 0.3 is 0 Å². The molecule has 256 valence electrons. The van der Waals surface area contributed by atoms with E-state index < -0.39 is 0 Å². The van der Waals surface area contributed by atoms with Crippen LogP contribution in [-0.2, 0) is 0 Å². The lowest BCUT2D eigenvalue weighted by molar-refractivity contribution is 1.18. The highest BCUT2D eigenvalue weighted by Gasteiger charge is 2.17. The maximum absolute atomic E-state index is 5.11. The molecule has 55 heavy (non-hydrogen) atoms. The SMILES string of the molecule is c1ccc(-c2cc(-c3cccc(-c4ccc5c(c4)c4ccccc4c4cc6c(cc54)c4ccccc4n6-c4ccccc4)c3)nc(-c3ccccc3)n2)cc1. The van der Waals surface area contributed by atoms with Crippen LogP contribution in [0.2, 0.25) is 0 Å². The number of para-hydroxylation sites is 2. The van der Waals surface area contributed by atoms with Gasteiger partial charge in [0.15, 0.2) is 5.82 Å². The third kappa shape index (κ3) is 5.20. The van der Waals surface area contributed by atoms with E-state index in [1.807, 2.05) is 24.3 Å². The number of rotatable bonds is 5. The average Bonchev–Trinajstić information content (AvgIpc) is 3.60. The molecule has 0 saturated heterocycles. The topological polar surface area (TPSA) is 30.7 Å². The Kier molecular flexibility index (Phi) is 7.17. The molecule has 0 N–H and O–H groups in total. The highest BCUT2D eigenvalue weighted by Crippen LogP contribution is 2.42. The lowest BCUT2D eigenvalue weighted by Crippen LogP contribution is -1.96. The molecule has 2 heterocycles. The summed E-state index contributed by atoms with van der Waals surface area (Å²) in [6.07, 6.45) is 0. The minimum absolute atomic E-state index is 0.715. The van der Waals surface area contributed by atoms with Crippen LogP contribution in [0.15, 0.2) is 200 Å². The minimum atomic E-state index is 0.715. The molecule has 0 aliphatic rings. The third-order valence-electron chi connectivity index (χ3n) is 11.0. The van der Waals surface area contributed by atoms with Crippen LogP contribution in [-0.4, -0.2) is 14.5 Å². The third-order valence-corrected chi connectivity index (χ3v) is 11.0. The summed E-state index contributed by atoms with van der Waals surface area (Å²) >= 11 is 0. The fraction of sp³-hybridized carbons (Fsp3) is 0. The van der Waals surface area contributed by atoms with Gasteiger partial charge in [0.25, 0.3) is 0 Å². The molecule has 0 radical (unpaired) electrons. The van der Waals surface area contributed by atoms with E-state index in [0.29, 0.717) is 5.82 Å². The van der Waals surface area contributed by atoms with Crippen LogP contribution < -0.4 is 0 Å². The molecule has 0 amide bonds. The van der Waals surface area contributed by atoms with Crippen molar-refractivity contribution in [3.05, 3.63) is 200 Å². The molecule has 0 spiro atoms. The smallest absolute Gasteiger partial charge is 0.160 e. The van der Waals surface area contributed by atoms with Crippen LogP contribution in [0.4, 0.5) is 0 Å². The van der Waals surface area contributed by atoms with Crippen molar-refractivity contribution >= 4 is 54.1 Å². The standard InChI is InChI=1S/C52H33N3/c1-4-15-34(16-5-1)48-33-49(54-52(53-48)35-17-6-2-7-18-35)38-20-14-19-36(29-38)37-27-28-42-44(30-37)40-23-10-11-24-41(40)46-32-51-47(31-45(42)46)43-25-12-13-26-50(43)55(51)39-21-8-3-9-22-39/h1-33H. The summed E-state index contributed by atoms with van der Waals surface area (Å²) in [7, 11) is 0. The number of aromatic nitrogens is 3. The number of hydrogen-bond donors (Lipinski definition) is 0. The second kappa shape index (κ2) is 12.6. The maximum atomic E-state index is 5.11. The van der Waals surface area contributed by atoms with Crippen LogP contribution >= 0.6 is 0 Å². The predicted molar refractivity (Wildman–Crippen MR) is 231 cm³/mol. The monoisotopic (exact) mass is 699 g/mol. The summed E-state index contributed by atoms with van der Waals surface area (Å²) in [5, 5.41) is 10.0. The van der Waals surface area contributed by atoms with Crippen molar-refractivity contribution in [2.75, 3.05) is 0 Å². The van der Waals surface area contributed by atoms with Gasteiger partial charge in [-0.1, -0.05) is 152 Å². The zero-order valence-corrected chi connectivity index (χ0v) is 29.9. The van der Waals surface area contributed by atoms with Gasteiger partial charge in [-0.15, -0.1) is 0 Å². The van der Waals surface area contributed by atoms with Crippen LogP contribution in [0.1, 0.15) is 0 Å². The summed E-state index contributed by atoms with van der Waals surface area (Å²) in [5.41, 5.74) is 10.8. The highest BCUT2D eigenvalue weighted by atomic mass is 15.0. The molecule has 0 fully saturated rings. The van der Waals surface area contributed by atoms with E-state index >= 15 is 0 Å². The second-order valence-electron chi connectivity index (χ2n) is 14.2. The van der Waals surface area contributed by atoms with Crippen molar-refractivity contribution in [3.8, 4) is 50.7 Å². The van der Waals surface area contributed by atoms with E-state index in [1.54, 1.807) is 0 Å². The molecular formula is C52H33N3. The van der Waals surface area contributed by atoms with Crippen LogP contribution in [0.3, 0.4) is 0 Å². The fourth-order valence-electron chi connectivity index (χ4n) is 8.38. The van der Waals surface area contributed by atoms with Gasteiger partial charge in [-0.25, -0.2) is 9.97 Å². The van der Waals surface area contributed by atoms with Crippen molar-refractivity contribution in [3.63, 3.8) is 0 Å². The van der Waals surface area contributed by atoms with Crippen LogP contribution in [0.25, 0.3) is 105 Å². The molecule has 0 aliphatic heterocycles. The molecule has 0 saturated carbocycles. The van der Waals surface area contributed by atoms with E-state index in [0.717, 1.165) is 33.6 Å². The molecule has 0 unspecified atom stereocenters. The Morgan fingerprint density at radius 2 is 0.800 bits per heavy atom. The van der Waals surface area contributed by atoms with Gasteiger partial charge in [0, 0.05) is 33.2 Å². The summed E-state index contributed by atoms with van der Waals surface area (Å²) in [4.78, 5) is 10.1. The molecule has 0 atom stereocenters. The molecule has 0 aliphatic carbocycles. The van der Waals surface area contributed by atoms with Crippen molar-refractivity contribution in [1.82, 2.24) is 14.5 Å². The van der Waals surface area contributed by atoms with E-state index in [-0.39, 0.29) is 0 Å². The average molecular weight is 700 g/mol. The maximum Gasteiger partial charge on any atom is 0.160 e. The molecule has 3 nitrogen and oxygen atoms in total.